The molecular weight excluding hydrogens is 144 g/mol. The van der Waals surface area contributed by atoms with Crippen molar-refractivity contribution in [3.05, 3.63) is 18.0 Å². The highest BCUT2D eigenvalue weighted by molar-refractivity contribution is 5.77. The molecular formula is C6H10N4O. The summed E-state index contributed by atoms with van der Waals surface area (Å²) in [5.74, 6) is 4.66. The van der Waals surface area contributed by atoms with Crippen molar-refractivity contribution in [1.29, 1.82) is 0 Å². The maximum Gasteiger partial charge on any atom is 0.239 e. The summed E-state index contributed by atoms with van der Waals surface area (Å²) in [6.45, 7) is 0. The van der Waals surface area contributed by atoms with Crippen LogP contribution in [-0.4, -0.2) is 15.7 Å². The molecule has 5 heteroatoms. The first kappa shape index (κ1) is 7.74. The van der Waals surface area contributed by atoms with Gasteiger partial charge in [-0.05, 0) is 6.07 Å². The van der Waals surface area contributed by atoms with Gasteiger partial charge in [0.25, 0.3) is 0 Å². The third kappa shape index (κ3) is 2.05. The molecule has 1 aromatic rings. The summed E-state index contributed by atoms with van der Waals surface area (Å²) in [6.07, 6.45) is 2.01. The molecule has 0 fully saturated rings. The third-order valence-corrected chi connectivity index (χ3v) is 1.27. The maximum atomic E-state index is 10.7. The molecule has 0 saturated carbocycles. The first-order valence-electron chi connectivity index (χ1n) is 3.20. The zero-order valence-electron chi connectivity index (χ0n) is 6.24. The molecule has 0 aliphatic heterocycles. The number of aromatic nitrogens is 2. The molecule has 0 unspecified atom stereocenters. The van der Waals surface area contributed by atoms with Crippen LogP contribution in [0, 0.1) is 0 Å². The topological polar surface area (TPSA) is 72.9 Å². The van der Waals surface area contributed by atoms with Crippen molar-refractivity contribution in [2.45, 2.75) is 6.42 Å². The number of nitrogens with one attached hydrogen (secondary N) is 1. The van der Waals surface area contributed by atoms with Crippen molar-refractivity contribution < 1.29 is 4.79 Å². The van der Waals surface area contributed by atoms with Crippen LogP contribution < -0.4 is 11.3 Å². The highest BCUT2D eigenvalue weighted by Crippen LogP contribution is 1.93. The van der Waals surface area contributed by atoms with Crippen molar-refractivity contribution in [1.82, 2.24) is 15.2 Å². The summed E-state index contributed by atoms with van der Waals surface area (Å²) in [6, 6.07) is 1.77. The number of nitrogens with zero attached hydrogens (tertiary/aromatic N) is 2. The molecule has 1 amide bonds. The minimum absolute atomic E-state index is 0.233. The van der Waals surface area contributed by atoms with Crippen LogP contribution in [0.15, 0.2) is 12.3 Å². The lowest BCUT2D eigenvalue weighted by Crippen LogP contribution is -2.31. The summed E-state index contributed by atoms with van der Waals surface area (Å²) in [4.78, 5) is 10.7. The van der Waals surface area contributed by atoms with E-state index in [4.69, 9.17) is 5.84 Å². The fourth-order valence-electron chi connectivity index (χ4n) is 0.773. The highest BCUT2D eigenvalue weighted by Gasteiger charge is 2.02. The van der Waals surface area contributed by atoms with E-state index in [2.05, 4.69) is 5.10 Å². The van der Waals surface area contributed by atoms with E-state index in [1.165, 1.54) is 0 Å². The SMILES string of the molecule is Cn1ccc(CC(=O)NN)n1. The molecule has 0 atom stereocenters. The van der Waals surface area contributed by atoms with Crippen LogP contribution in [0.3, 0.4) is 0 Å². The zero-order valence-corrected chi connectivity index (χ0v) is 6.24. The van der Waals surface area contributed by atoms with E-state index in [-0.39, 0.29) is 12.3 Å². The summed E-state index contributed by atoms with van der Waals surface area (Å²) < 4.78 is 1.64. The molecule has 0 spiro atoms. The molecule has 1 rings (SSSR count). The van der Waals surface area contributed by atoms with Gasteiger partial charge in [0.2, 0.25) is 5.91 Å². The summed E-state index contributed by atoms with van der Waals surface area (Å²) >= 11 is 0. The minimum atomic E-state index is -0.233. The maximum absolute atomic E-state index is 10.7. The third-order valence-electron chi connectivity index (χ3n) is 1.27. The summed E-state index contributed by atoms with van der Waals surface area (Å²) in [7, 11) is 1.80. The molecule has 60 valence electrons. The first-order valence-corrected chi connectivity index (χ1v) is 3.20. The fraction of sp³-hybridized carbons (Fsp3) is 0.333. The first-order chi connectivity index (χ1) is 5.22. The van der Waals surface area contributed by atoms with Crippen LogP contribution in [-0.2, 0) is 18.3 Å². The Morgan fingerprint density at radius 1 is 1.91 bits per heavy atom. The largest absolute Gasteiger partial charge is 0.294 e. The Morgan fingerprint density at radius 2 is 2.64 bits per heavy atom. The molecule has 0 aromatic carbocycles. The molecule has 11 heavy (non-hydrogen) atoms. The number of amides is 1. The molecule has 0 saturated heterocycles. The van der Waals surface area contributed by atoms with Crippen molar-refractivity contribution in [3.63, 3.8) is 0 Å². The van der Waals surface area contributed by atoms with Crippen molar-refractivity contribution in [2.75, 3.05) is 0 Å². The normalized spacial score (nSPS) is 9.64. The standard InChI is InChI=1S/C6H10N4O/c1-10-3-2-5(9-10)4-6(11)8-7/h2-3H,4,7H2,1H3,(H,8,11). The Hall–Kier alpha value is -1.36. The van der Waals surface area contributed by atoms with Gasteiger partial charge >= 0.3 is 0 Å². The second-order valence-electron chi connectivity index (χ2n) is 2.23. The van der Waals surface area contributed by atoms with E-state index in [0.29, 0.717) is 0 Å². The molecule has 0 bridgehead atoms. The van der Waals surface area contributed by atoms with Gasteiger partial charge in [-0.2, -0.15) is 5.10 Å². The molecule has 3 N–H and O–H groups in total. The number of hydrogen-bond donors (Lipinski definition) is 2. The Balaban J connectivity index is 2.57. The smallest absolute Gasteiger partial charge is 0.239 e. The zero-order chi connectivity index (χ0) is 8.27. The molecule has 0 aliphatic rings. The predicted octanol–water partition coefficient (Wildman–Crippen LogP) is -1.05. The van der Waals surface area contributed by atoms with Crippen LogP contribution in [0.4, 0.5) is 0 Å². The fourth-order valence-corrected chi connectivity index (χ4v) is 0.773. The quantitative estimate of drug-likeness (QED) is 0.324. The minimum Gasteiger partial charge on any atom is -0.294 e. The van der Waals surface area contributed by atoms with Crippen LogP contribution in [0.5, 0.6) is 0 Å². The Kier molecular flexibility index (Phi) is 2.22. The van der Waals surface area contributed by atoms with Gasteiger partial charge in [-0.25, -0.2) is 5.84 Å². The van der Waals surface area contributed by atoms with E-state index in [0.717, 1.165) is 5.69 Å². The molecule has 5 nitrogen and oxygen atoms in total. The second kappa shape index (κ2) is 3.16. The summed E-state index contributed by atoms with van der Waals surface area (Å²) in [5, 5.41) is 4.00. The number of hydrogen-bond acceptors (Lipinski definition) is 3. The predicted molar refractivity (Wildman–Crippen MR) is 39.2 cm³/mol. The number of nitrogens with two attached hydrogens (primary N) is 1. The molecule has 1 heterocycles. The molecule has 0 aliphatic carbocycles. The number of hydrazine groups is 1. The lowest BCUT2D eigenvalue weighted by molar-refractivity contribution is -0.120. The van der Waals surface area contributed by atoms with Gasteiger partial charge < -0.3 is 0 Å². The number of carbonyl (C=O) groups is 1. The van der Waals surface area contributed by atoms with Gasteiger partial charge in [0, 0.05) is 13.2 Å². The second-order valence-corrected chi connectivity index (χ2v) is 2.23. The van der Waals surface area contributed by atoms with Crippen LogP contribution in [0.1, 0.15) is 5.69 Å². The van der Waals surface area contributed by atoms with E-state index < -0.39 is 0 Å². The lowest BCUT2D eigenvalue weighted by Gasteiger charge is -1.93. The van der Waals surface area contributed by atoms with E-state index in [1.54, 1.807) is 24.0 Å². The van der Waals surface area contributed by atoms with Gasteiger partial charge in [0.05, 0.1) is 12.1 Å². The number of aryl methyl sites for hydroxylation is 1. The van der Waals surface area contributed by atoms with Crippen molar-refractivity contribution in [2.24, 2.45) is 12.9 Å². The number of carbonyl (C=O) groups excluding carboxylic acids is 1. The average Bonchev–Trinajstić information content (AvgIpc) is 2.35. The van der Waals surface area contributed by atoms with E-state index in [1.807, 2.05) is 5.43 Å². The Bertz CT molecular complexity index is 255. The van der Waals surface area contributed by atoms with Gasteiger partial charge in [0.1, 0.15) is 0 Å². The molecule has 1 aromatic heterocycles. The van der Waals surface area contributed by atoms with Gasteiger partial charge in [0.15, 0.2) is 0 Å². The van der Waals surface area contributed by atoms with E-state index in [9.17, 15) is 4.79 Å². The monoisotopic (exact) mass is 154 g/mol. The van der Waals surface area contributed by atoms with Gasteiger partial charge in [-0.1, -0.05) is 0 Å². The van der Waals surface area contributed by atoms with Crippen molar-refractivity contribution in [3.8, 4) is 0 Å². The van der Waals surface area contributed by atoms with E-state index >= 15 is 0 Å². The highest BCUT2D eigenvalue weighted by atomic mass is 16.2. The van der Waals surface area contributed by atoms with Gasteiger partial charge in [-0.3, -0.25) is 14.9 Å². The Labute approximate surface area is 64.2 Å². The van der Waals surface area contributed by atoms with Crippen LogP contribution >= 0.6 is 0 Å². The van der Waals surface area contributed by atoms with Crippen LogP contribution in [0.2, 0.25) is 0 Å². The van der Waals surface area contributed by atoms with Crippen LogP contribution in [0.25, 0.3) is 0 Å². The molecule has 0 radical (unpaired) electrons. The number of rotatable bonds is 2. The van der Waals surface area contributed by atoms with Crippen molar-refractivity contribution >= 4 is 5.91 Å². The summed E-state index contributed by atoms with van der Waals surface area (Å²) in [5.41, 5.74) is 2.75. The van der Waals surface area contributed by atoms with Gasteiger partial charge in [-0.15, -0.1) is 0 Å². The lowest BCUT2D eigenvalue weighted by atomic mass is 10.3. The Morgan fingerprint density at radius 3 is 3.09 bits per heavy atom. The average molecular weight is 154 g/mol.